The molecule has 1 saturated carbocycles. The summed E-state index contributed by atoms with van der Waals surface area (Å²) in [5.41, 5.74) is 5.71. The molecular formula is C33H32ClF4N7OS. The summed E-state index contributed by atoms with van der Waals surface area (Å²) in [5, 5.41) is 14.2. The number of nitriles is 1. The summed E-state index contributed by atoms with van der Waals surface area (Å²) in [6.07, 6.45) is 1.19. The normalized spacial score (nSPS) is 27.4. The summed E-state index contributed by atoms with van der Waals surface area (Å²) in [6.45, 7) is 2.81. The molecule has 2 aromatic carbocycles. The van der Waals surface area contributed by atoms with Crippen molar-refractivity contribution in [2.45, 2.75) is 56.5 Å². The van der Waals surface area contributed by atoms with Gasteiger partial charge in [0, 0.05) is 66.6 Å². The lowest BCUT2D eigenvalue weighted by Gasteiger charge is -2.45. The Hall–Kier alpha value is -3.44. The van der Waals surface area contributed by atoms with E-state index in [-0.39, 0.29) is 79.9 Å². The fourth-order valence-corrected chi connectivity index (χ4v) is 9.23. The van der Waals surface area contributed by atoms with Gasteiger partial charge in [-0.05, 0) is 49.8 Å². The number of anilines is 2. The van der Waals surface area contributed by atoms with Gasteiger partial charge in [0.15, 0.2) is 5.82 Å². The van der Waals surface area contributed by atoms with E-state index in [0.29, 0.717) is 50.3 Å². The molecule has 3 atom stereocenters. The number of aromatic nitrogens is 2. The van der Waals surface area contributed by atoms with Crippen LogP contribution in [0.15, 0.2) is 18.2 Å². The number of halogens is 5. The van der Waals surface area contributed by atoms with Gasteiger partial charge in [0.1, 0.15) is 40.6 Å². The molecule has 8 nitrogen and oxygen atoms in total. The molecule has 0 radical (unpaired) electrons. The summed E-state index contributed by atoms with van der Waals surface area (Å²) >= 11 is 7.75. The molecule has 4 aromatic rings. The van der Waals surface area contributed by atoms with Gasteiger partial charge < -0.3 is 20.7 Å². The number of thiophene rings is 1. The highest BCUT2D eigenvalue weighted by Crippen LogP contribution is 2.47. The van der Waals surface area contributed by atoms with E-state index in [9.17, 15) is 18.4 Å². The van der Waals surface area contributed by atoms with Crippen LogP contribution in [-0.4, -0.2) is 78.6 Å². The standard InChI is InChI=1S/C33H32ClF4N7OS/c34-23-7-21-28(27(38)26(23)20-3-4-24(37)29-25(20)22(10-39)30(40)47-29)42-32(43-31(21)45-12-18-1-2-19(13-45)41-18)46-15-33(8-17(36)9-33)14-44-6-5-16(35)11-44/h3-4,7,16-19,41H,1-2,5-6,8-9,11-15,40H2/t16-,17?,18?,19?,33?/m1/s1. The van der Waals surface area contributed by atoms with Crippen molar-refractivity contribution in [1.82, 2.24) is 20.2 Å². The number of fused-ring (bicyclic) bond motifs is 4. The van der Waals surface area contributed by atoms with Gasteiger partial charge in [-0.3, -0.25) is 4.90 Å². The molecule has 0 spiro atoms. The number of hydrogen-bond donors (Lipinski definition) is 2. The minimum absolute atomic E-state index is 0.0414. The van der Waals surface area contributed by atoms with Crippen LogP contribution in [0.4, 0.5) is 28.4 Å². The Balaban J connectivity index is 1.23. The van der Waals surface area contributed by atoms with Crippen molar-refractivity contribution in [3.63, 3.8) is 0 Å². The number of likely N-dealkylation sites (tertiary alicyclic amines) is 1. The molecule has 14 heteroatoms. The molecule has 4 aliphatic rings. The van der Waals surface area contributed by atoms with Gasteiger partial charge >= 0.3 is 6.01 Å². The largest absolute Gasteiger partial charge is 0.463 e. The third-order valence-electron chi connectivity index (χ3n) is 10.1. The number of rotatable bonds is 7. The Morgan fingerprint density at radius 3 is 2.55 bits per heavy atom. The van der Waals surface area contributed by atoms with Crippen molar-refractivity contribution in [2.24, 2.45) is 5.41 Å². The number of nitrogens with one attached hydrogen (secondary N) is 1. The summed E-state index contributed by atoms with van der Waals surface area (Å²) < 4.78 is 66.3. The number of piperazine rings is 1. The highest BCUT2D eigenvalue weighted by atomic mass is 35.5. The van der Waals surface area contributed by atoms with Crippen LogP contribution < -0.4 is 20.7 Å². The maximum absolute atomic E-state index is 16.9. The van der Waals surface area contributed by atoms with E-state index in [1.165, 1.54) is 12.1 Å². The molecule has 2 bridgehead atoms. The van der Waals surface area contributed by atoms with Crippen molar-refractivity contribution in [3.05, 3.63) is 40.4 Å². The number of ether oxygens (including phenoxy) is 1. The zero-order valence-electron chi connectivity index (χ0n) is 25.3. The molecule has 2 aromatic heterocycles. The van der Waals surface area contributed by atoms with Crippen molar-refractivity contribution >= 4 is 54.7 Å². The van der Waals surface area contributed by atoms with Gasteiger partial charge in [-0.2, -0.15) is 15.2 Å². The smallest absolute Gasteiger partial charge is 0.319 e. The third-order valence-corrected chi connectivity index (χ3v) is 11.5. The van der Waals surface area contributed by atoms with Crippen molar-refractivity contribution in [1.29, 1.82) is 5.26 Å². The highest BCUT2D eigenvalue weighted by Gasteiger charge is 2.47. The van der Waals surface area contributed by atoms with E-state index in [2.05, 4.69) is 15.2 Å². The summed E-state index contributed by atoms with van der Waals surface area (Å²) in [6, 6.07) is 6.67. The number of benzene rings is 2. The fourth-order valence-electron chi connectivity index (χ4n) is 7.98. The van der Waals surface area contributed by atoms with Crippen LogP contribution in [0.2, 0.25) is 5.02 Å². The molecular weight excluding hydrogens is 654 g/mol. The maximum Gasteiger partial charge on any atom is 0.319 e. The first kappa shape index (κ1) is 30.9. The van der Waals surface area contributed by atoms with Crippen LogP contribution in [0.5, 0.6) is 6.01 Å². The Morgan fingerprint density at radius 1 is 1.11 bits per heavy atom. The Morgan fingerprint density at radius 2 is 1.87 bits per heavy atom. The molecule has 8 rings (SSSR count). The van der Waals surface area contributed by atoms with E-state index in [4.69, 9.17) is 27.1 Å². The first-order chi connectivity index (χ1) is 22.6. The number of nitrogen functional groups attached to an aromatic ring is 1. The van der Waals surface area contributed by atoms with Gasteiger partial charge in [0.2, 0.25) is 0 Å². The molecule has 5 heterocycles. The summed E-state index contributed by atoms with van der Waals surface area (Å²) in [7, 11) is 0. The minimum atomic E-state index is -0.967. The van der Waals surface area contributed by atoms with Gasteiger partial charge in [-0.15, -0.1) is 11.3 Å². The van der Waals surface area contributed by atoms with E-state index in [0.717, 1.165) is 24.2 Å². The van der Waals surface area contributed by atoms with Gasteiger partial charge in [0.05, 0.1) is 21.9 Å². The topological polar surface area (TPSA) is 103 Å². The van der Waals surface area contributed by atoms with Gasteiger partial charge in [0.25, 0.3) is 0 Å². The van der Waals surface area contributed by atoms with E-state index in [1.807, 2.05) is 11.0 Å². The molecule has 3 saturated heterocycles. The number of hydrogen-bond acceptors (Lipinski definition) is 9. The van der Waals surface area contributed by atoms with Crippen LogP contribution in [0.25, 0.3) is 32.1 Å². The van der Waals surface area contributed by atoms with Crippen LogP contribution in [-0.2, 0) is 0 Å². The van der Waals surface area contributed by atoms with Crippen molar-refractivity contribution in [2.75, 3.05) is 50.0 Å². The predicted molar refractivity (Wildman–Crippen MR) is 175 cm³/mol. The second-order valence-corrected chi connectivity index (χ2v) is 14.9. The van der Waals surface area contributed by atoms with Gasteiger partial charge in [-0.1, -0.05) is 17.7 Å². The van der Waals surface area contributed by atoms with Crippen LogP contribution >= 0.6 is 22.9 Å². The average Bonchev–Trinajstić information content (AvgIpc) is 3.71. The van der Waals surface area contributed by atoms with Crippen LogP contribution in [0, 0.1) is 28.4 Å². The molecule has 47 heavy (non-hydrogen) atoms. The quantitative estimate of drug-likeness (QED) is 0.216. The zero-order valence-corrected chi connectivity index (χ0v) is 26.9. The number of nitrogens with zero attached hydrogens (tertiary/aromatic N) is 5. The fraction of sp³-hybridized carbons (Fsp3) is 0.485. The molecule has 2 unspecified atom stereocenters. The van der Waals surface area contributed by atoms with E-state index < -0.39 is 29.4 Å². The second-order valence-electron chi connectivity index (χ2n) is 13.5. The molecule has 4 fully saturated rings. The SMILES string of the molecule is N#Cc1c(N)sc2c(F)ccc(-c3c(Cl)cc4c(N5CC6CCC(C5)N6)nc(OCC5(CN6CC[C@@H](F)C6)CC(F)C5)nc4c3F)c12. The number of nitrogens with two attached hydrogens (primary N) is 1. The summed E-state index contributed by atoms with van der Waals surface area (Å²) in [4.78, 5) is 13.4. The Kier molecular flexibility index (Phi) is 7.63. The minimum Gasteiger partial charge on any atom is -0.463 e. The molecule has 3 aliphatic heterocycles. The average molecular weight is 686 g/mol. The second kappa shape index (κ2) is 11.6. The lowest BCUT2D eigenvalue weighted by Crippen LogP contribution is -2.51. The first-order valence-electron chi connectivity index (χ1n) is 15.9. The number of alkyl halides is 2. The van der Waals surface area contributed by atoms with Crippen LogP contribution in [0.1, 0.15) is 37.7 Å². The van der Waals surface area contributed by atoms with Crippen molar-refractivity contribution in [3.8, 4) is 23.2 Å². The molecule has 0 amide bonds. The molecule has 246 valence electrons. The monoisotopic (exact) mass is 685 g/mol. The molecule has 1 aliphatic carbocycles. The van der Waals surface area contributed by atoms with Gasteiger partial charge in [-0.25, -0.2) is 17.6 Å². The Labute approximate surface area is 277 Å². The maximum atomic E-state index is 16.9. The lowest BCUT2D eigenvalue weighted by atomic mass is 9.67. The van der Waals surface area contributed by atoms with E-state index >= 15 is 4.39 Å². The zero-order chi connectivity index (χ0) is 32.6. The van der Waals surface area contributed by atoms with Crippen LogP contribution in [0.3, 0.4) is 0 Å². The first-order valence-corrected chi connectivity index (χ1v) is 17.1. The summed E-state index contributed by atoms with van der Waals surface area (Å²) in [5.74, 6) is -0.874. The molecule has 3 N–H and O–H groups in total. The Bertz CT molecular complexity index is 1930. The lowest BCUT2D eigenvalue weighted by molar-refractivity contribution is -0.0376. The van der Waals surface area contributed by atoms with E-state index in [1.54, 1.807) is 6.07 Å². The third kappa shape index (κ3) is 5.33. The predicted octanol–water partition coefficient (Wildman–Crippen LogP) is 6.38. The highest BCUT2D eigenvalue weighted by molar-refractivity contribution is 7.23. The van der Waals surface area contributed by atoms with Crippen molar-refractivity contribution < 1.29 is 22.3 Å².